The van der Waals surface area contributed by atoms with E-state index in [2.05, 4.69) is 0 Å². The van der Waals surface area contributed by atoms with Crippen molar-refractivity contribution in [2.75, 3.05) is 0 Å². The number of thiophene rings is 4. The molecule has 0 saturated heterocycles. The van der Waals surface area contributed by atoms with Gasteiger partial charge in [-0.1, -0.05) is 0 Å². The second-order valence-electron chi connectivity index (χ2n) is 8.73. The second kappa shape index (κ2) is 10.00. The number of hydrogen-bond acceptors (Lipinski definition) is 6. The molecule has 0 atom stereocenters. The lowest BCUT2D eigenvalue weighted by molar-refractivity contribution is 0.101. The van der Waals surface area contributed by atoms with Crippen LogP contribution in [0, 0.1) is 51.0 Å². The topological polar surface area (TPSA) is 34.1 Å². The molecule has 2 nitrogen and oxygen atoms in total. The quantitative estimate of drug-likeness (QED) is 0.112. The van der Waals surface area contributed by atoms with Crippen LogP contribution in [0.15, 0.2) is 36.4 Å². The molecule has 0 spiro atoms. The van der Waals surface area contributed by atoms with Gasteiger partial charge >= 0.3 is 0 Å². The van der Waals surface area contributed by atoms with E-state index in [-0.39, 0.29) is 9.75 Å². The summed E-state index contributed by atoms with van der Waals surface area (Å²) in [5.74, 6) is -9.95. The summed E-state index contributed by atoms with van der Waals surface area (Å²) in [7, 11) is 0. The van der Waals surface area contributed by atoms with Gasteiger partial charge in [0.2, 0.25) is 11.6 Å². The summed E-state index contributed by atoms with van der Waals surface area (Å²) in [4.78, 5) is 31.1. The number of hydrogen-bond donors (Lipinski definition) is 0. The molecule has 0 aliphatic heterocycles. The minimum atomic E-state index is -1.89. The average Bonchev–Trinajstić information content (AvgIpc) is 3.65. The largest absolute Gasteiger partial charge is 0.287 e. The third kappa shape index (κ3) is 4.49. The first-order chi connectivity index (χ1) is 18.0. The minimum absolute atomic E-state index is 0.0781. The monoisotopic (exact) mass is 590 g/mol. The van der Waals surface area contributed by atoms with Crippen molar-refractivity contribution in [1.82, 2.24) is 0 Å². The van der Waals surface area contributed by atoms with Crippen molar-refractivity contribution in [3.63, 3.8) is 0 Å². The van der Waals surface area contributed by atoms with E-state index >= 15 is 17.6 Å². The third-order valence-corrected chi connectivity index (χ3v) is 10.7. The molecule has 0 aliphatic carbocycles. The molecule has 0 radical (unpaired) electrons. The molecule has 0 fully saturated rings. The Morgan fingerprint density at radius 2 is 0.895 bits per heavy atom. The number of rotatable bonds is 6. The maximum Gasteiger partial charge on any atom is 0.209 e. The van der Waals surface area contributed by atoms with Crippen LogP contribution in [-0.2, 0) is 0 Å². The van der Waals surface area contributed by atoms with Crippen LogP contribution in [0.2, 0.25) is 0 Å². The first kappa shape index (κ1) is 26.7. The Bertz CT molecular complexity index is 1600. The molecule has 0 bridgehead atoms. The Kier molecular flexibility index (Phi) is 7.02. The van der Waals surface area contributed by atoms with Crippen LogP contribution in [-0.4, -0.2) is 11.6 Å². The Hall–Kier alpha value is -2.92. The predicted octanol–water partition coefficient (Wildman–Crippen LogP) is 9.52. The summed E-state index contributed by atoms with van der Waals surface area (Å²) in [6.45, 7) is 7.67. The van der Waals surface area contributed by atoms with E-state index in [0.29, 0.717) is 9.75 Å². The molecule has 38 heavy (non-hydrogen) atoms. The number of benzene rings is 1. The van der Waals surface area contributed by atoms with Crippen LogP contribution in [0.25, 0.3) is 19.5 Å². The molecule has 0 saturated carbocycles. The van der Waals surface area contributed by atoms with Gasteiger partial charge in [0.25, 0.3) is 0 Å². The fraction of sp³-hybridized carbons (Fsp3) is 0.143. The molecular weight excluding hydrogens is 573 g/mol. The van der Waals surface area contributed by atoms with Crippen LogP contribution < -0.4 is 0 Å². The highest BCUT2D eigenvalue weighted by Gasteiger charge is 2.34. The molecule has 1 aromatic carbocycles. The van der Waals surface area contributed by atoms with E-state index in [0.717, 1.165) is 53.3 Å². The summed E-state index contributed by atoms with van der Waals surface area (Å²) < 4.78 is 60.4. The average molecular weight is 591 g/mol. The van der Waals surface area contributed by atoms with Gasteiger partial charge in [-0.3, -0.25) is 9.59 Å². The highest BCUT2D eigenvalue weighted by Crippen LogP contribution is 2.39. The van der Waals surface area contributed by atoms with Crippen LogP contribution in [0.5, 0.6) is 0 Å². The van der Waals surface area contributed by atoms with E-state index in [1.54, 1.807) is 12.1 Å². The highest BCUT2D eigenvalue weighted by molar-refractivity contribution is 7.23. The van der Waals surface area contributed by atoms with Gasteiger partial charge in [0, 0.05) is 29.3 Å². The SMILES string of the molecule is Cc1cc(C)c(-c2ccc(C(=O)c3c(F)c(F)c(C(=O)c4ccc(-c5sc(C)cc5C)s4)c(F)c3F)s2)s1. The van der Waals surface area contributed by atoms with Gasteiger partial charge in [-0.25, -0.2) is 17.6 Å². The molecule has 4 aromatic heterocycles. The standard InChI is InChI=1S/C28H18F4O2S4/c1-11-9-13(3)35-27(11)17-7-5-15(37-17)25(33)19-21(29)23(31)20(24(32)22(19)30)26(34)16-6-8-18(38-16)28-12(2)10-14(4)36-28/h5-10H,1-4H3. The van der Waals surface area contributed by atoms with Crippen molar-refractivity contribution in [3.8, 4) is 19.5 Å². The highest BCUT2D eigenvalue weighted by atomic mass is 32.1. The van der Waals surface area contributed by atoms with E-state index in [1.807, 2.05) is 39.8 Å². The summed E-state index contributed by atoms with van der Waals surface area (Å²) in [5, 5.41) is 0. The van der Waals surface area contributed by atoms with Crippen molar-refractivity contribution in [1.29, 1.82) is 0 Å². The molecule has 10 heteroatoms. The van der Waals surface area contributed by atoms with Crippen LogP contribution in [0.3, 0.4) is 0 Å². The van der Waals surface area contributed by atoms with Crippen LogP contribution in [0.1, 0.15) is 51.4 Å². The van der Waals surface area contributed by atoms with E-state index < -0.39 is 46.0 Å². The molecule has 0 unspecified atom stereocenters. The Morgan fingerprint density at radius 3 is 1.18 bits per heavy atom. The Morgan fingerprint density at radius 1 is 0.553 bits per heavy atom. The lowest BCUT2D eigenvalue weighted by Crippen LogP contribution is -2.16. The van der Waals surface area contributed by atoms with Crippen LogP contribution in [0.4, 0.5) is 17.6 Å². The van der Waals surface area contributed by atoms with Gasteiger partial charge in [0.1, 0.15) is 11.1 Å². The Labute approximate surface area is 231 Å². The summed E-state index contributed by atoms with van der Waals surface area (Å²) in [5.41, 5.74) is -0.764. The molecule has 194 valence electrons. The second-order valence-corrected chi connectivity index (χ2v) is 13.4. The van der Waals surface area contributed by atoms with Crippen molar-refractivity contribution in [3.05, 3.63) is 101 Å². The number of carbonyl (C=O) groups excluding carboxylic acids is 2. The van der Waals surface area contributed by atoms with Crippen molar-refractivity contribution < 1.29 is 27.2 Å². The lowest BCUT2D eigenvalue weighted by Gasteiger charge is -2.10. The number of ketones is 2. The third-order valence-electron chi connectivity index (χ3n) is 5.91. The normalized spacial score (nSPS) is 11.4. The van der Waals surface area contributed by atoms with Gasteiger partial charge in [-0.15, -0.1) is 45.3 Å². The molecule has 0 N–H and O–H groups in total. The smallest absolute Gasteiger partial charge is 0.209 e. The molecule has 5 rings (SSSR count). The number of aryl methyl sites for hydroxylation is 4. The van der Waals surface area contributed by atoms with Gasteiger partial charge in [-0.2, -0.15) is 0 Å². The maximum absolute atomic E-state index is 15.1. The first-order valence-corrected chi connectivity index (χ1v) is 14.5. The van der Waals surface area contributed by atoms with Crippen LogP contribution >= 0.6 is 45.3 Å². The van der Waals surface area contributed by atoms with Crippen molar-refractivity contribution >= 4 is 56.9 Å². The molecule has 4 heterocycles. The van der Waals surface area contributed by atoms with E-state index in [9.17, 15) is 9.59 Å². The lowest BCUT2D eigenvalue weighted by atomic mass is 10.0. The zero-order valence-electron chi connectivity index (χ0n) is 20.4. The maximum atomic E-state index is 15.1. The zero-order chi connectivity index (χ0) is 27.5. The minimum Gasteiger partial charge on any atom is -0.287 e. The summed E-state index contributed by atoms with van der Waals surface area (Å²) in [6.07, 6.45) is 0. The number of carbonyl (C=O) groups is 2. The molecule has 5 aromatic rings. The van der Waals surface area contributed by atoms with Gasteiger partial charge in [0.15, 0.2) is 23.3 Å². The summed E-state index contributed by atoms with van der Waals surface area (Å²) >= 11 is 4.95. The van der Waals surface area contributed by atoms with Gasteiger partial charge < -0.3 is 0 Å². The molecule has 0 amide bonds. The zero-order valence-corrected chi connectivity index (χ0v) is 23.7. The molecular formula is C28H18F4O2S4. The first-order valence-electron chi connectivity index (χ1n) is 11.3. The predicted molar refractivity (Wildman–Crippen MR) is 147 cm³/mol. The fourth-order valence-electron chi connectivity index (χ4n) is 4.21. The molecule has 0 aliphatic rings. The van der Waals surface area contributed by atoms with E-state index in [4.69, 9.17) is 0 Å². The fourth-order valence-corrected chi connectivity index (χ4v) is 8.52. The Balaban J connectivity index is 1.51. The van der Waals surface area contributed by atoms with Gasteiger partial charge in [-0.05, 0) is 75.2 Å². The summed E-state index contributed by atoms with van der Waals surface area (Å²) in [6, 6.07) is 9.93. The van der Waals surface area contributed by atoms with Crippen molar-refractivity contribution in [2.24, 2.45) is 0 Å². The van der Waals surface area contributed by atoms with Crippen molar-refractivity contribution in [2.45, 2.75) is 27.7 Å². The van der Waals surface area contributed by atoms with Gasteiger partial charge in [0.05, 0.1) is 9.75 Å². The van der Waals surface area contributed by atoms with E-state index in [1.165, 1.54) is 34.8 Å². The number of halogens is 4.